The van der Waals surface area contributed by atoms with Gasteiger partial charge in [0.25, 0.3) is 21.8 Å². The Bertz CT molecular complexity index is 1860. The third-order valence-electron chi connectivity index (χ3n) is 7.27. The van der Waals surface area contributed by atoms with E-state index in [0.717, 1.165) is 5.56 Å². The van der Waals surface area contributed by atoms with Crippen molar-refractivity contribution in [2.75, 3.05) is 24.4 Å². The minimum absolute atomic E-state index is 0.0870. The van der Waals surface area contributed by atoms with E-state index in [1.54, 1.807) is 66.7 Å². The molecule has 2 N–H and O–H groups in total. The summed E-state index contributed by atoms with van der Waals surface area (Å²) in [6.45, 7) is 9.43. The number of nitrogens with one attached hydrogen (secondary N) is 2. The van der Waals surface area contributed by atoms with Gasteiger partial charge in [0.05, 0.1) is 46.8 Å². The van der Waals surface area contributed by atoms with Crippen molar-refractivity contribution < 1.29 is 32.3 Å². The van der Waals surface area contributed by atoms with E-state index in [2.05, 4.69) is 28.5 Å². The maximum absolute atomic E-state index is 14.0. The smallest absolute Gasteiger partial charge is 0.305 e. The lowest BCUT2D eigenvalue weighted by molar-refractivity contribution is -0.141. The van der Waals surface area contributed by atoms with Gasteiger partial charge in [-0.3, -0.25) is 14.4 Å². The second-order valence-electron chi connectivity index (χ2n) is 10.5. The highest BCUT2D eigenvalue weighted by atomic mass is 32.2. The zero-order chi connectivity index (χ0) is 33.3. The lowest BCUT2D eigenvalue weighted by Gasteiger charge is -2.18. The summed E-state index contributed by atoms with van der Waals surface area (Å²) in [6.07, 6.45) is 3.01. The number of rotatable bonds is 15. The van der Waals surface area contributed by atoms with Gasteiger partial charge in [-0.1, -0.05) is 60.2 Å². The summed E-state index contributed by atoms with van der Waals surface area (Å²) < 4.78 is 39.5. The van der Waals surface area contributed by atoms with Crippen molar-refractivity contribution in [3.63, 3.8) is 0 Å². The first-order valence-corrected chi connectivity index (χ1v) is 16.1. The number of benzene rings is 3. The molecule has 0 bridgehead atoms. The maximum atomic E-state index is 14.0. The van der Waals surface area contributed by atoms with Gasteiger partial charge >= 0.3 is 5.97 Å². The predicted molar refractivity (Wildman–Crippen MR) is 178 cm³/mol. The number of carbonyl (C=O) groups is 3. The molecule has 4 aromatic rings. The molecule has 3 aromatic carbocycles. The van der Waals surface area contributed by atoms with E-state index in [1.165, 1.54) is 29.3 Å². The van der Waals surface area contributed by atoms with Crippen LogP contribution in [0, 0.1) is 6.92 Å². The molecule has 0 radical (unpaired) electrons. The third kappa shape index (κ3) is 7.61. The molecule has 11 heteroatoms. The van der Waals surface area contributed by atoms with Gasteiger partial charge in [-0.15, -0.1) is 13.2 Å². The van der Waals surface area contributed by atoms with E-state index < -0.39 is 27.9 Å². The van der Waals surface area contributed by atoms with Crippen molar-refractivity contribution >= 4 is 50.1 Å². The molecule has 0 unspecified atom stereocenters. The summed E-state index contributed by atoms with van der Waals surface area (Å²) in [6, 6.07) is 20.0. The Labute approximate surface area is 268 Å². The van der Waals surface area contributed by atoms with Gasteiger partial charge in [0, 0.05) is 18.2 Å². The minimum atomic E-state index is -4.09. The van der Waals surface area contributed by atoms with Crippen LogP contribution >= 0.6 is 0 Å². The number of fused-ring (bicyclic) bond motifs is 1. The summed E-state index contributed by atoms with van der Waals surface area (Å²) in [5, 5.41) is 6.13. The average molecular weight is 644 g/mol. The molecule has 0 saturated carbocycles. The number of aryl methyl sites for hydroxylation is 1. The van der Waals surface area contributed by atoms with Crippen molar-refractivity contribution in [2.45, 2.75) is 43.6 Å². The molecule has 1 aromatic heterocycles. The molecule has 240 valence electrons. The van der Waals surface area contributed by atoms with Crippen LogP contribution in [0.15, 0.2) is 103 Å². The van der Waals surface area contributed by atoms with Crippen LogP contribution in [0.25, 0.3) is 10.9 Å². The molecule has 0 fully saturated rings. The monoisotopic (exact) mass is 643 g/mol. The molecular weight excluding hydrogens is 606 g/mol. The van der Waals surface area contributed by atoms with Gasteiger partial charge in [0.1, 0.15) is 6.10 Å². The largest absolute Gasteiger partial charge is 0.469 e. The Morgan fingerprint density at radius 2 is 1.57 bits per heavy atom. The van der Waals surface area contributed by atoms with Crippen LogP contribution in [-0.2, 0) is 35.5 Å². The van der Waals surface area contributed by atoms with E-state index in [9.17, 15) is 22.8 Å². The Kier molecular flexibility index (Phi) is 11.3. The van der Waals surface area contributed by atoms with Crippen LogP contribution in [0.1, 0.15) is 40.9 Å². The molecule has 0 aliphatic rings. The van der Waals surface area contributed by atoms with Gasteiger partial charge in [0.2, 0.25) is 0 Å². The number of methoxy groups -OCH3 is 1. The summed E-state index contributed by atoms with van der Waals surface area (Å²) in [5.74, 6) is -1.42. The van der Waals surface area contributed by atoms with Gasteiger partial charge in [-0.25, -0.2) is 12.4 Å². The van der Waals surface area contributed by atoms with Gasteiger partial charge in [-0.05, 0) is 50.1 Å². The fourth-order valence-corrected chi connectivity index (χ4v) is 6.60. The highest BCUT2D eigenvalue weighted by Crippen LogP contribution is 2.33. The van der Waals surface area contributed by atoms with E-state index in [1.807, 2.05) is 6.92 Å². The zero-order valence-electron chi connectivity index (χ0n) is 25.8. The minimum Gasteiger partial charge on any atom is -0.469 e. The molecule has 1 atom stereocenters. The number of hydrogen-bond acceptors (Lipinski definition) is 7. The van der Waals surface area contributed by atoms with E-state index in [4.69, 9.17) is 4.74 Å². The van der Waals surface area contributed by atoms with Crippen LogP contribution in [0.2, 0.25) is 0 Å². The topological polar surface area (TPSA) is 133 Å². The van der Waals surface area contributed by atoms with E-state index in [0.29, 0.717) is 28.7 Å². The number of carbonyl (C=O) groups excluding carboxylic acids is 3. The number of amides is 2. The number of para-hydroxylation sites is 3. The van der Waals surface area contributed by atoms with Crippen molar-refractivity contribution in [1.29, 1.82) is 0 Å². The number of hydrogen-bond donors (Lipinski definition) is 2. The Hall–Kier alpha value is -5.00. The number of nitrogens with zero attached hydrogens (tertiary/aromatic N) is 1. The fraction of sp³-hybridized carbons (Fsp3) is 0.229. The predicted octanol–water partition coefficient (Wildman–Crippen LogP) is 6.02. The van der Waals surface area contributed by atoms with E-state index in [-0.39, 0.29) is 48.0 Å². The summed E-state index contributed by atoms with van der Waals surface area (Å²) in [4.78, 5) is 39.0. The van der Waals surface area contributed by atoms with Gasteiger partial charge in [-0.2, -0.15) is 0 Å². The Morgan fingerprint density at radius 1 is 0.913 bits per heavy atom. The third-order valence-corrected chi connectivity index (χ3v) is 9.03. The standard InChI is InChI=1S/C35H37N3O7S/c1-5-12-30-33(26-13-7-10-16-29(26)38(30)46(42,43)25-21-19-24(3)20-22-25)35(41)37-28-15-9-8-14-27(28)36-34(40)31(45-23-6-2)17-11-18-32(39)44-4/h5-10,13-16,19-22,31H,1-2,11-12,17-18,23H2,3-4H3,(H,36,40)(H,37,41)/t31-/m0/s1. The first-order chi connectivity index (χ1) is 22.1. The highest BCUT2D eigenvalue weighted by Gasteiger charge is 2.30. The molecular formula is C35H37N3O7S. The molecule has 10 nitrogen and oxygen atoms in total. The summed E-state index contributed by atoms with van der Waals surface area (Å²) in [5.41, 5.74) is 2.28. The van der Waals surface area contributed by atoms with Crippen molar-refractivity contribution in [3.05, 3.63) is 115 Å². The molecule has 2 amide bonds. The zero-order valence-corrected chi connectivity index (χ0v) is 26.6. The molecule has 46 heavy (non-hydrogen) atoms. The lowest BCUT2D eigenvalue weighted by atomic mass is 10.1. The van der Waals surface area contributed by atoms with Gasteiger partial charge in [0.15, 0.2) is 0 Å². The Morgan fingerprint density at radius 3 is 2.22 bits per heavy atom. The number of ether oxygens (including phenoxy) is 2. The van der Waals surface area contributed by atoms with Crippen LogP contribution in [0.5, 0.6) is 0 Å². The Balaban J connectivity index is 1.69. The first-order valence-electron chi connectivity index (χ1n) is 14.7. The van der Waals surface area contributed by atoms with Crippen LogP contribution in [0.3, 0.4) is 0 Å². The lowest BCUT2D eigenvalue weighted by Crippen LogP contribution is -2.31. The van der Waals surface area contributed by atoms with Gasteiger partial charge < -0.3 is 20.1 Å². The number of esters is 1. The number of aromatic nitrogens is 1. The highest BCUT2D eigenvalue weighted by molar-refractivity contribution is 7.90. The molecule has 0 aliphatic heterocycles. The first kappa shape index (κ1) is 33.9. The summed E-state index contributed by atoms with van der Waals surface area (Å²) >= 11 is 0. The second-order valence-corrected chi connectivity index (χ2v) is 12.3. The molecule has 0 spiro atoms. The van der Waals surface area contributed by atoms with E-state index >= 15 is 0 Å². The maximum Gasteiger partial charge on any atom is 0.305 e. The quantitative estimate of drug-likeness (QED) is 0.120. The number of anilines is 2. The average Bonchev–Trinajstić information content (AvgIpc) is 3.38. The van der Waals surface area contributed by atoms with Crippen LogP contribution < -0.4 is 10.6 Å². The number of allylic oxidation sites excluding steroid dienone is 1. The molecule has 0 saturated heterocycles. The van der Waals surface area contributed by atoms with Crippen molar-refractivity contribution in [3.8, 4) is 0 Å². The molecule has 1 heterocycles. The molecule has 0 aliphatic carbocycles. The molecule has 4 rings (SSSR count). The second kappa shape index (κ2) is 15.3. The van der Waals surface area contributed by atoms with Crippen molar-refractivity contribution in [1.82, 2.24) is 3.97 Å². The summed E-state index contributed by atoms with van der Waals surface area (Å²) in [7, 11) is -2.80. The van der Waals surface area contributed by atoms with Crippen LogP contribution in [-0.4, -0.2) is 50.0 Å². The van der Waals surface area contributed by atoms with Crippen molar-refractivity contribution in [2.24, 2.45) is 0 Å². The SMILES string of the molecule is C=CCO[C@@H](CCCC(=O)OC)C(=O)Nc1ccccc1NC(=O)c1c(CC=C)n(S(=O)(=O)c2ccc(C)cc2)c2ccccc12. The fourth-order valence-electron chi connectivity index (χ4n) is 5.04. The van der Waals surface area contributed by atoms with Crippen LogP contribution in [0.4, 0.5) is 11.4 Å². The normalized spacial score (nSPS) is 11.9.